The number of nitrogens with zero attached hydrogens (tertiary/aromatic N) is 4. The zero-order valence-electron chi connectivity index (χ0n) is 17.7. The Hall–Kier alpha value is -3.32. The molecule has 0 saturated carbocycles. The zero-order valence-corrected chi connectivity index (χ0v) is 18.5. The summed E-state index contributed by atoms with van der Waals surface area (Å²) in [6.07, 6.45) is 4.73. The van der Waals surface area contributed by atoms with Crippen molar-refractivity contribution < 1.29 is 4.92 Å². The molecule has 2 aromatic carbocycles. The Morgan fingerprint density at radius 3 is 2.87 bits per heavy atom. The van der Waals surface area contributed by atoms with E-state index in [0.29, 0.717) is 6.54 Å². The van der Waals surface area contributed by atoms with E-state index in [1.54, 1.807) is 18.2 Å². The van der Waals surface area contributed by atoms with E-state index in [1.807, 2.05) is 16.1 Å². The molecule has 0 radical (unpaired) electrons. The van der Waals surface area contributed by atoms with Crippen LogP contribution >= 0.6 is 11.3 Å². The predicted octanol–water partition coefficient (Wildman–Crippen LogP) is 5.42. The highest BCUT2D eigenvalue weighted by molar-refractivity contribution is 7.07. The highest BCUT2D eigenvalue weighted by Crippen LogP contribution is 2.28. The maximum absolute atomic E-state index is 11.3. The predicted molar refractivity (Wildman–Crippen MR) is 126 cm³/mol. The number of thiazole rings is 1. The molecular weight excluding hydrogens is 408 g/mol. The van der Waals surface area contributed by atoms with Crippen LogP contribution in [0.5, 0.6) is 0 Å². The van der Waals surface area contributed by atoms with Gasteiger partial charge >= 0.3 is 0 Å². The van der Waals surface area contributed by atoms with Gasteiger partial charge in [-0.15, -0.1) is 17.9 Å². The molecule has 0 aliphatic heterocycles. The van der Waals surface area contributed by atoms with Gasteiger partial charge in [-0.05, 0) is 50.3 Å². The SMILES string of the molecule is C=CCN=c1scc(-c2cccc([N+](=O)[O-])c2)n1N=C1CCCc2c(C)cc(C)cc21. The van der Waals surface area contributed by atoms with Crippen LogP contribution in [-0.2, 0) is 6.42 Å². The number of non-ortho nitro benzene ring substituents is 1. The molecule has 0 atom stereocenters. The fourth-order valence-corrected chi connectivity index (χ4v) is 4.84. The minimum absolute atomic E-state index is 0.0572. The van der Waals surface area contributed by atoms with Gasteiger partial charge in [0, 0.05) is 28.6 Å². The fraction of sp³-hybridized carbons (Fsp3) is 0.250. The normalized spacial score (nSPS) is 15.2. The number of fused-ring (bicyclic) bond motifs is 1. The van der Waals surface area contributed by atoms with Crippen LogP contribution in [0.25, 0.3) is 11.3 Å². The van der Waals surface area contributed by atoms with Crippen LogP contribution in [0.3, 0.4) is 0 Å². The molecule has 6 nitrogen and oxygen atoms in total. The van der Waals surface area contributed by atoms with Crippen molar-refractivity contribution in [2.45, 2.75) is 33.1 Å². The van der Waals surface area contributed by atoms with Crippen LogP contribution < -0.4 is 4.80 Å². The molecule has 158 valence electrons. The quantitative estimate of drug-likeness (QED) is 0.307. The monoisotopic (exact) mass is 432 g/mol. The minimum atomic E-state index is -0.377. The van der Waals surface area contributed by atoms with Crippen LogP contribution in [-0.4, -0.2) is 21.9 Å². The molecule has 1 aliphatic rings. The number of aryl methyl sites for hydroxylation is 2. The second-order valence-electron chi connectivity index (χ2n) is 7.66. The summed E-state index contributed by atoms with van der Waals surface area (Å²) in [6, 6.07) is 11.1. The molecular formula is C24H24N4O2S. The number of nitro groups is 1. The molecule has 0 amide bonds. The molecule has 31 heavy (non-hydrogen) atoms. The molecule has 0 unspecified atom stereocenters. The van der Waals surface area contributed by atoms with E-state index < -0.39 is 0 Å². The third-order valence-electron chi connectivity index (χ3n) is 5.38. The van der Waals surface area contributed by atoms with Crippen LogP contribution in [0.1, 0.15) is 35.1 Å². The Bertz CT molecular complexity index is 1270. The van der Waals surface area contributed by atoms with Gasteiger partial charge in [0.2, 0.25) is 4.80 Å². The Labute approximate surface area is 185 Å². The van der Waals surface area contributed by atoms with Crippen molar-refractivity contribution >= 4 is 22.7 Å². The van der Waals surface area contributed by atoms with Crippen LogP contribution in [0, 0.1) is 24.0 Å². The lowest BCUT2D eigenvalue weighted by atomic mass is 9.86. The van der Waals surface area contributed by atoms with E-state index in [0.717, 1.165) is 41.0 Å². The van der Waals surface area contributed by atoms with Gasteiger partial charge < -0.3 is 0 Å². The standard InChI is InChI=1S/C24H24N4O2S/c1-4-11-25-24-27(23(15-31-24)18-7-5-8-19(14-18)28(29)30)26-22-10-6-9-20-17(3)12-16(2)13-21(20)22/h4-5,7-8,12-15H,1,6,9-11H2,2-3H3. The Morgan fingerprint density at radius 2 is 2.10 bits per heavy atom. The van der Waals surface area contributed by atoms with E-state index in [1.165, 1.54) is 39.7 Å². The first-order chi connectivity index (χ1) is 15.0. The number of benzene rings is 2. The second kappa shape index (κ2) is 8.81. The van der Waals surface area contributed by atoms with Crippen molar-refractivity contribution in [3.8, 4) is 11.3 Å². The maximum Gasteiger partial charge on any atom is 0.270 e. The van der Waals surface area contributed by atoms with Crippen molar-refractivity contribution in [1.29, 1.82) is 0 Å². The highest BCUT2D eigenvalue weighted by atomic mass is 32.1. The number of rotatable bonds is 5. The Morgan fingerprint density at radius 1 is 1.26 bits per heavy atom. The zero-order chi connectivity index (χ0) is 22.0. The summed E-state index contributed by atoms with van der Waals surface area (Å²) in [5, 5.41) is 18.3. The lowest BCUT2D eigenvalue weighted by Crippen LogP contribution is -2.19. The van der Waals surface area contributed by atoms with E-state index in [9.17, 15) is 10.1 Å². The smallest absolute Gasteiger partial charge is 0.258 e. The summed E-state index contributed by atoms with van der Waals surface area (Å²) in [7, 11) is 0. The van der Waals surface area contributed by atoms with E-state index in [4.69, 9.17) is 5.10 Å². The average Bonchev–Trinajstić information content (AvgIpc) is 3.15. The molecule has 0 fully saturated rings. The number of hydrogen-bond acceptors (Lipinski definition) is 5. The Kier molecular flexibility index (Phi) is 5.95. The Balaban J connectivity index is 1.92. The molecule has 0 bridgehead atoms. The van der Waals surface area contributed by atoms with Gasteiger partial charge in [0.05, 0.1) is 22.9 Å². The molecule has 7 heteroatoms. The largest absolute Gasteiger partial charge is 0.270 e. The van der Waals surface area contributed by atoms with E-state index in [2.05, 4.69) is 37.6 Å². The lowest BCUT2D eigenvalue weighted by Gasteiger charge is -2.21. The van der Waals surface area contributed by atoms with Crippen LogP contribution in [0.4, 0.5) is 5.69 Å². The van der Waals surface area contributed by atoms with E-state index >= 15 is 0 Å². The highest BCUT2D eigenvalue weighted by Gasteiger charge is 2.19. The molecule has 1 aromatic heterocycles. The van der Waals surface area contributed by atoms with Crippen molar-refractivity contribution in [2.24, 2.45) is 10.1 Å². The summed E-state index contributed by atoms with van der Waals surface area (Å²) in [4.78, 5) is 16.2. The number of hydrogen-bond donors (Lipinski definition) is 0. The molecule has 1 aliphatic carbocycles. The van der Waals surface area contributed by atoms with Gasteiger partial charge in [0.15, 0.2) is 0 Å². The molecule has 0 spiro atoms. The fourth-order valence-electron chi connectivity index (χ4n) is 4.00. The average molecular weight is 433 g/mol. The van der Waals surface area contributed by atoms with Crippen LogP contribution in [0.2, 0.25) is 0 Å². The third-order valence-corrected chi connectivity index (χ3v) is 6.24. The lowest BCUT2D eigenvalue weighted by molar-refractivity contribution is -0.384. The van der Waals surface area contributed by atoms with Crippen molar-refractivity contribution in [3.05, 3.63) is 91.6 Å². The number of nitro benzene ring substituents is 1. The minimum Gasteiger partial charge on any atom is -0.258 e. The van der Waals surface area contributed by atoms with Crippen molar-refractivity contribution in [1.82, 2.24) is 4.68 Å². The number of aromatic nitrogens is 1. The van der Waals surface area contributed by atoms with Gasteiger partial charge in [-0.25, -0.2) is 4.68 Å². The van der Waals surface area contributed by atoms with Crippen molar-refractivity contribution in [2.75, 3.05) is 6.54 Å². The third kappa shape index (κ3) is 4.27. The maximum atomic E-state index is 11.3. The summed E-state index contributed by atoms with van der Waals surface area (Å²) >= 11 is 1.47. The molecule has 0 N–H and O–H groups in total. The summed E-state index contributed by atoms with van der Waals surface area (Å²) in [6.45, 7) is 8.50. The van der Waals surface area contributed by atoms with Crippen molar-refractivity contribution in [3.63, 3.8) is 0 Å². The van der Waals surface area contributed by atoms with Gasteiger partial charge in [-0.3, -0.25) is 15.1 Å². The van der Waals surface area contributed by atoms with E-state index in [-0.39, 0.29) is 10.6 Å². The summed E-state index contributed by atoms with van der Waals surface area (Å²) in [5.74, 6) is 0. The molecule has 0 saturated heterocycles. The van der Waals surface area contributed by atoms with Gasteiger partial charge in [0.1, 0.15) is 0 Å². The van der Waals surface area contributed by atoms with Crippen LogP contribution in [0.15, 0.2) is 64.5 Å². The first-order valence-electron chi connectivity index (χ1n) is 10.2. The first-order valence-corrected chi connectivity index (χ1v) is 11.1. The molecule has 1 heterocycles. The van der Waals surface area contributed by atoms with Gasteiger partial charge in [-0.2, -0.15) is 5.10 Å². The van der Waals surface area contributed by atoms with Gasteiger partial charge in [-0.1, -0.05) is 29.8 Å². The van der Waals surface area contributed by atoms with Gasteiger partial charge in [0.25, 0.3) is 5.69 Å². The summed E-state index contributed by atoms with van der Waals surface area (Å²) in [5.41, 5.74) is 7.69. The molecule has 3 aromatic rings. The summed E-state index contributed by atoms with van der Waals surface area (Å²) < 4.78 is 1.83. The first kappa shape index (κ1) is 20.9. The molecule has 4 rings (SSSR count). The second-order valence-corrected chi connectivity index (χ2v) is 8.50. The topological polar surface area (TPSA) is 72.8 Å².